The summed E-state index contributed by atoms with van der Waals surface area (Å²) in [5.41, 5.74) is 12.9. The van der Waals surface area contributed by atoms with E-state index in [2.05, 4.69) is 180 Å². The van der Waals surface area contributed by atoms with Gasteiger partial charge in [-0.2, -0.15) is 0 Å². The van der Waals surface area contributed by atoms with Crippen LogP contribution in [0.3, 0.4) is 0 Å². The summed E-state index contributed by atoms with van der Waals surface area (Å²) in [6.45, 7) is 0. The fourth-order valence-electron chi connectivity index (χ4n) is 6.27. The Morgan fingerprint density at radius 3 is 1.84 bits per heavy atom. The molecule has 1 N–H and O–H groups in total. The molecule has 0 bridgehead atoms. The van der Waals surface area contributed by atoms with Gasteiger partial charge in [0.15, 0.2) is 0 Å². The van der Waals surface area contributed by atoms with Gasteiger partial charge in [0.25, 0.3) is 0 Å². The Bertz CT molecular complexity index is 2240. The van der Waals surface area contributed by atoms with Crippen molar-refractivity contribution in [3.8, 4) is 39.1 Å². The second-order valence-electron chi connectivity index (χ2n) is 11.1. The maximum absolute atomic E-state index is 3.60. The van der Waals surface area contributed by atoms with Crippen LogP contribution in [-0.4, -0.2) is 4.57 Å². The van der Waals surface area contributed by atoms with E-state index in [4.69, 9.17) is 0 Å². The standard InChI is InChI=1S/C42H30N2/c1-3-13-30(14-4-1)32-16-12-20-36(28-32)44-41-24-10-8-22-38(41)39-29-33(25-26-42(39)44)31-15-11-17-34(27-31)37-21-7-9-23-40(37)43-35-18-5-2-6-19-35/h1-29,43H. The normalized spacial score (nSPS) is 11.2. The van der Waals surface area contributed by atoms with Crippen molar-refractivity contribution >= 4 is 33.2 Å². The molecule has 0 amide bonds. The van der Waals surface area contributed by atoms with Crippen molar-refractivity contribution in [2.75, 3.05) is 5.32 Å². The highest BCUT2D eigenvalue weighted by molar-refractivity contribution is 6.10. The van der Waals surface area contributed by atoms with Crippen molar-refractivity contribution < 1.29 is 0 Å². The Labute approximate surface area is 257 Å². The number of para-hydroxylation sites is 3. The first-order valence-electron chi connectivity index (χ1n) is 15.0. The van der Waals surface area contributed by atoms with Crippen LogP contribution in [0.1, 0.15) is 0 Å². The quantitative estimate of drug-likeness (QED) is 0.213. The van der Waals surface area contributed by atoms with Crippen LogP contribution in [0, 0.1) is 0 Å². The highest BCUT2D eigenvalue weighted by Gasteiger charge is 2.14. The van der Waals surface area contributed by atoms with E-state index in [1.54, 1.807) is 0 Å². The van der Waals surface area contributed by atoms with E-state index in [0.29, 0.717) is 0 Å². The molecule has 7 aromatic carbocycles. The zero-order valence-corrected chi connectivity index (χ0v) is 24.2. The lowest BCUT2D eigenvalue weighted by Gasteiger charge is -2.14. The fraction of sp³-hybridized carbons (Fsp3) is 0. The van der Waals surface area contributed by atoms with Gasteiger partial charge < -0.3 is 9.88 Å². The number of nitrogens with one attached hydrogen (secondary N) is 1. The van der Waals surface area contributed by atoms with Crippen LogP contribution in [0.5, 0.6) is 0 Å². The molecule has 0 spiro atoms. The molecule has 0 radical (unpaired) electrons. The fourth-order valence-corrected chi connectivity index (χ4v) is 6.27. The summed E-state index contributed by atoms with van der Waals surface area (Å²) in [5.74, 6) is 0. The first-order valence-corrected chi connectivity index (χ1v) is 15.0. The Morgan fingerprint density at radius 2 is 0.977 bits per heavy atom. The second kappa shape index (κ2) is 11.1. The molecular formula is C42H30N2. The van der Waals surface area contributed by atoms with Crippen LogP contribution in [0.4, 0.5) is 11.4 Å². The Hall–Kier alpha value is -5.86. The average Bonchev–Trinajstić information content (AvgIpc) is 3.43. The summed E-state index contributed by atoms with van der Waals surface area (Å²) >= 11 is 0. The van der Waals surface area contributed by atoms with Crippen LogP contribution in [0.25, 0.3) is 60.9 Å². The first kappa shape index (κ1) is 25.8. The molecule has 44 heavy (non-hydrogen) atoms. The van der Waals surface area contributed by atoms with E-state index < -0.39 is 0 Å². The lowest BCUT2D eigenvalue weighted by atomic mass is 9.97. The molecule has 0 saturated carbocycles. The lowest BCUT2D eigenvalue weighted by Crippen LogP contribution is -1.94. The van der Waals surface area contributed by atoms with E-state index in [1.165, 1.54) is 55.2 Å². The third-order valence-corrected chi connectivity index (χ3v) is 8.37. The van der Waals surface area contributed by atoms with Crippen molar-refractivity contribution in [1.82, 2.24) is 4.57 Å². The summed E-state index contributed by atoms with van der Waals surface area (Å²) in [7, 11) is 0. The topological polar surface area (TPSA) is 17.0 Å². The highest BCUT2D eigenvalue weighted by atomic mass is 15.0. The molecule has 1 heterocycles. The monoisotopic (exact) mass is 562 g/mol. The number of hydrogen-bond acceptors (Lipinski definition) is 1. The molecule has 0 aliphatic rings. The van der Waals surface area contributed by atoms with Crippen molar-refractivity contribution in [1.29, 1.82) is 0 Å². The number of nitrogens with zero attached hydrogens (tertiary/aromatic N) is 1. The van der Waals surface area contributed by atoms with Gasteiger partial charge in [0, 0.05) is 33.4 Å². The number of rotatable bonds is 6. The molecule has 0 fully saturated rings. The van der Waals surface area contributed by atoms with Gasteiger partial charge in [0.2, 0.25) is 0 Å². The Morgan fingerprint density at radius 1 is 0.364 bits per heavy atom. The van der Waals surface area contributed by atoms with Crippen molar-refractivity contribution in [3.63, 3.8) is 0 Å². The molecule has 0 atom stereocenters. The van der Waals surface area contributed by atoms with Gasteiger partial charge >= 0.3 is 0 Å². The van der Waals surface area contributed by atoms with Gasteiger partial charge in [0.1, 0.15) is 0 Å². The molecule has 8 rings (SSSR count). The molecule has 2 heteroatoms. The van der Waals surface area contributed by atoms with Gasteiger partial charge in [-0.25, -0.2) is 0 Å². The predicted molar refractivity (Wildman–Crippen MR) is 187 cm³/mol. The van der Waals surface area contributed by atoms with Crippen molar-refractivity contribution in [2.24, 2.45) is 0 Å². The predicted octanol–water partition coefficient (Wildman–Crippen LogP) is 11.5. The smallest absolute Gasteiger partial charge is 0.0541 e. The molecule has 208 valence electrons. The third-order valence-electron chi connectivity index (χ3n) is 8.37. The van der Waals surface area contributed by atoms with Gasteiger partial charge in [-0.3, -0.25) is 0 Å². The number of aromatic nitrogens is 1. The van der Waals surface area contributed by atoms with E-state index >= 15 is 0 Å². The van der Waals surface area contributed by atoms with E-state index in [9.17, 15) is 0 Å². The van der Waals surface area contributed by atoms with Crippen LogP contribution in [0.15, 0.2) is 176 Å². The van der Waals surface area contributed by atoms with Gasteiger partial charge in [-0.05, 0) is 82.4 Å². The molecule has 0 aliphatic carbocycles. The number of hydrogen-bond donors (Lipinski definition) is 1. The minimum atomic E-state index is 1.08. The van der Waals surface area contributed by atoms with E-state index in [1.807, 2.05) is 6.07 Å². The van der Waals surface area contributed by atoms with Gasteiger partial charge in [-0.15, -0.1) is 0 Å². The summed E-state index contributed by atoms with van der Waals surface area (Å²) in [5, 5.41) is 6.11. The molecule has 2 nitrogen and oxygen atoms in total. The van der Waals surface area contributed by atoms with Crippen LogP contribution >= 0.6 is 0 Å². The molecule has 0 aliphatic heterocycles. The van der Waals surface area contributed by atoms with E-state index in [0.717, 1.165) is 17.1 Å². The van der Waals surface area contributed by atoms with Crippen LogP contribution in [0.2, 0.25) is 0 Å². The first-order chi connectivity index (χ1) is 21.8. The molecule has 0 saturated heterocycles. The highest BCUT2D eigenvalue weighted by Crippen LogP contribution is 2.37. The number of anilines is 2. The molecular weight excluding hydrogens is 532 g/mol. The third kappa shape index (κ3) is 4.73. The van der Waals surface area contributed by atoms with Crippen molar-refractivity contribution in [3.05, 3.63) is 176 Å². The second-order valence-corrected chi connectivity index (χ2v) is 11.1. The van der Waals surface area contributed by atoms with Gasteiger partial charge in [0.05, 0.1) is 11.0 Å². The SMILES string of the molecule is c1ccc(Nc2ccccc2-c2cccc(-c3ccc4c(c3)c3ccccc3n4-c3cccc(-c4ccccc4)c3)c2)cc1. The zero-order valence-electron chi connectivity index (χ0n) is 24.2. The minimum Gasteiger partial charge on any atom is -0.355 e. The van der Waals surface area contributed by atoms with Crippen LogP contribution in [-0.2, 0) is 0 Å². The molecule has 0 unspecified atom stereocenters. The minimum absolute atomic E-state index is 1.08. The van der Waals surface area contributed by atoms with Gasteiger partial charge in [-0.1, -0.05) is 121 Å². The molecule has 8 aromatic rings. The lowest BCUT2D eigenvalue weighted by molar-refractivity contribution is 1.18. The van der Waals surface area contributed by atoms with Crippen molar-refractivity contribution in [2.45, 2.75) is 0 Å². The summed E-state index contributed by atoms with van der Waals surface area (Å²) < 4.78 is 2.39. The average molecular weight is 563 g/mol. The summed E-state index contributed by atoms with van der Waals surface area (Å²) in [4.78, 5) is 0. The maximum Gasteiger partial charge on any atom is 0.0541 e. The summed E-state index contributed by atoms with van der Waals surface area (Å²) in [6, 6.07) is 62.7. The zero-order chi connectivity index (χ0) is 29.3. The Balaban J connectivity index is 1.22. The van der Waals surface area contributed by atoms with Crippen LogP contribution < -0.4 is 5.32 Å². The number of fused-ring (bicyclic) bond motifs is 3. The summed E-state index contributed by atoms with van der Waals surface area (Å²) in [6.07, 6.45) is 0. The maximum atomic E-state index is 3.60. The largest absolute Gasteiger partial charge is 0.355 e. The molecule has 1 aromatic heterocycles. The van der Waals surface area contributed by atoms with E-state index in [-0.39, 0.29) is 0 Å². The number of benzene rings is 7. The Kier molecular flexibility index (Phi) is 6.51.